The van der Waals surface area contributed by atoms with E-state index in [1.165, 1.54) is 16.3 Å². The van der Waals surface area contributed by atoms with Gasteiger partial charge in [-0.05, 0) is 13.0 Å². The van der Waals surface area contributed by atoms with Gasteiger partial charge in [0, 0.05) is 23.5 Å². The molecular weight excluding hydrogens is 180 g/mol. The molecule has 1 aromatic heterocycles. The first-order chi connectivity index (χ1) is 6.27. The fourth-order valence-corrected chi connectivity index (χ4v) is 2.08. The molecule has 0 radical (unpaired) electrons. The third-order valence-corrected chi connectivity index (χ3v) is 3.38. The van der Waals surface area contributed by atoms with Crippen molar-refractivity contribution >= 4 is 11.3 Å². The van der Waals surface area contributed by atoms with Crippen molar-refractivity contribution in [2.75, 3.05) is 6.54 Å². The lowest BCUT2D eigenvalue weighted by Crippen LogP contribution is -2.10. The second kappa shape index (κ2) is 5.35. The summed E-state index contributed by atoms with van der Waals surface area (Å²) in [6, 6.07) is 0. The van der Waals surface area contributed by atoms with Crippen LogP contribution in [0.2, 0.25) is 0 Å². The summed E-state index contributed by atoms with van der Waals surface area (Å²) in [6.45, 7) is 8.55. The van der Waals surface area contributed by atoms with Gasteiger partial charge in [0.25, 0.3) is 0 Å². The Kier molecular flexibility index (Phi) is 4.39. The van der Waals surface area contributed by atoms with Crippen LogP contribution in [0.15, 0.2) is 6.20 Å². The second-order valence-corrected chi connectivity index (χ2v) is 4.40. The molecule has 2 nitrogen and oxygen atoms in total. The van der Waals surface area contributed by atoms with Crippen LogP contribution >= 0.6 is 11.3 Å². The summed E-state index contributed by atoms with van der Waals surface area (Å²) in [6.07, 6.45) is 3.17. The van der Waals surface area contributed by atoms with Gasteiger partial charge in [-0.25, -0.2) is 4.98 Å². The fourth-order valence-electron chi connectivity index (χ4n) is 1.06. The lowest BCUT2D eigenvalue weighted by atomic mass is 10.1. The molecule has 1 aromatic rings. The topological polar surface area (TPSA) is 24.9 Å². The Labute approximate surface area is 84.4 Å². The highest BCUT2D eigenvalue weighted by atomic mass is 32.1. The van der Waals surface area contributed by atoms with Crippen LogP contribution in [0.1, 0.15) is 43.0 Å². The van der Waals surface area contributed by atoms with E-state index in [1.54, 1.807) is 0 Å². The molecule has 0 aliphatic rings. The molecule has 0 amide bonds. The van der Waals surface area contributed by atoms with E-state index in [-0.39, 0.29) is 0 Å². The maximum atomic E-state index is 4.42. The molecule has 1 N–H and O–H groups in total. The highest BCUT2D eigenvalue weighted by molar-refractivity contribution is 7.11. The average molecular weight is 198 g/mol. The van der Waals surface area contributed by atoms with E-state index in [2.05, 4.69) is 31.1 Å². The van der Waals surface area contributed by atoms with Crippen molar-refractivity contribution in [3.8, 4) is 0 Å². The SMILES string of the molecule is CCNCc1cnc(C(C)CC)s1. The van der Waals surface area contributed by atoms with Gasteiger partial charge in [0.05, 0.1) is 5.01 Å². The Balaban J connectivity index is 2.53. The van der Waals surface area contributed by atoms with E-state index in [1.807, 2.05) is 17.5 Å². The predicted octanol–water partition coefficient (Wildman–Crippen LogP) is 2.77. The van der Waals surface area contributed by atoms with Crippen LogP contribution in [0.4, 0.5) is 0 Å². The standard InChI is InChI=1S/C10H18N2S/c1-4-8(3)10-12-7-9(13-10)6-11-5-2/h7-8,11H,4-6H2,1-3H3. The molecule has 0 bridgehead atoms. The van der Waals surface area contributed by atoms with Crippen molar-refractivity contribution in [2.45, 2.75) is 39.7 Å². The van der Waals surface area contributed by atoms with Gasteiger partial charge in [0.2, 0.25) is 0 Å². The molecule has 13 heavy (non-hydrogen) atoms. The smallest absolute Gasteiger partial charge is 0.0956 e. The molecule has 0 spiro atoms. The number of aromatic nitrogens is 1. The highest BCUT2D eigenvalue weighted by Gasteiger charge is 2.07. The molecule has 1 heterocycles. The van der Waals surface area contributed by atoms with Crippen LogP contribution < -0.4 is 5.32 Å². The van der Waals surface area contributed by atoms with Crippen molar-refractivity contribution in [2.24, 2.45) is 0 Å². The van der Waals surface area contributed by atoms with Crippen molar-refractivity contribution in [3.63, 3.8) is 0 Å². The van der Waals surface area contributed by atoms with Crippen LogP contribution in [0.5, 0.6) is 0 Å². The summed E-state index contributed by atoms with van der Waals surface area (Å²) < 4.78 is 0. The number of thiazole rings is 1. The molecule has 1 unspecified atom stereocenters. The van der Waals surface area contributed by atoms with Gasteiger partial charge in [0.1, 0.15) is 0 Å². The van der Waals surface area contributed by atoms with E-state index in [4.69, 9.17) is 0 Å². The fraction of sp³-hybridized carbons (Fsp3) is 0.700. The highest BCUT2D eigenvalue weighted by Crippen LogP contribution is 2.23. The Hall–Kier alpha value is -0.410. The first-order valence-corrected chi connectivity index (χ1v) is 5.74. The maximum Gasteiger partial charge on any atom is 0.0956 e. The van der Waals surface area contributed by atoms with Crippen LogP contribution in [-0.4, -0.2) is 11.5 Å². The van der Waals surface area contributed by atoms with E-state index in [9.17, 15) is 0 Å². The second-order valence-electron chi connectivity index (χ2n) is 3.25. The molecule has 1 rings (SSSR count). The van der Waals surface area contributed by atoms with Crippen molar-refractivity contribution in [1.82, 2.24) is 10.3 Å². The number of hydrogen-bond acceptors (Lipinski definition) is 3. The summed E-state index contributed by atoms with van der Waals surface area (Å²) >= 11 is 1.83. The minimum absolute atomic E-state index is 0.611. The van der Waals surface area contributed by atoms with Gasteiger partial charge in [-0.15, -0.1) is 11.3 Å². The van der Waals surface area contributed by atoms with Gasteiger partial charge in [-0.2, -0.15) is 0 Å². The van der Waals surface area contributed by atoms with Crippen LogP contribution in [0, 0.1) is 0 Å². The number of rotatable bonds is 5. The zero-order chi connectivity index (χ0) is 9.68. The lowest BCUT2D eigenvalue weighted by molar-refractivity contribution is 0.725. The third-order valence-electron chi connectivity index (χ3n) is 2.15. The number of nitrogens with one attached hydrogen (secondary N) is 1. The van der Waals surface area contributed by atoms with E-state index < -0.39 is 0 Å². The Bertz CT molecular complexity index is 245. The summed E-state index contributed by atoms with van der Waals surface area (Å²) in [5.41, 5.74) is 0. The van der Waals surface area contributed by atoms with E-state index >= 15 is 0 Å². The molecular formula is C10H18N2S. The zero-order valence-electron chi connectivity index (χ0n) is 8.63. The van der Waals surface area contributed by atoms with Gasteiger partial charge in [0.15, 0.2) is 0 Å². The third kappa shape index (κ3) is 3.08. The van der Waals surface area contributed by atoms with Crippen LogP contribution in [-0.2, 0) is 6.54 Å². The van der Waals surface area contributed by atoms with Gasteiger partial charge < -0.3 is 5.32 Å². The van der Waals surface area contributed by atoms with E-state index in [0.717, 1.165) is 13.1 Å². The summed E-state index contributed by atoms with van der Waals surface area (Å²) in [7, 11) is 0. The Morgan fingerprint density at radius 1 is 1.54 bits per heavy atom. The molecule has 74 valence electrons. The van der Waals surface area contributed by atoms with Crippen molar-refractivity contribution < 1.29 is 0 Å². The van der Waals surface area contributed by atoms with Crippen molar-refractivity contribution in [1.29, 1.82) is 0 Å². The van der Waals surface area contributed by atoms with Crippen LogP contribution in [0.25, 0.3) is 0 Å². The molecule has 3 heteroatoms. The zero-order valence-corrected chi connectivity index (χ0v) is 9.45. The first kappa shape index (κ1) is 10.7. The summed E-state index contributed by atoms with van der Waals surface area (Å²) in [4.78, 5) is 5.76. The first-order valence-electron chi connectivity index (χ1n) is 4.93. The van der Waals surface area contributed by atoms with Gasteiger partial charge in [-0.3, -0.25) is 0 Å². The molecule has 0 fully saturated rings. The number of nitrogens with zero attached hydrogens (tertiary/aromatic N) is 1. The predicted molar refractivity (Wildman–Crippen MR) is 58.2 cm³/mol. The molecule has 0 aromatic carbocycles. The minimum atomic E-state index is 0.611. The maximum absolute atomic E-state index is 4.42. The van der Waals surface area contributed by atoms with Crippen molar-refractivity contribution in [3.05, 3.63) is 16.1 Å². The van der Waals surface area contributed by atoms with Gasteiger partial charge in [-0.1, -0.05) is 20.8 Å². The Morgan fingerprint density at radius 3 is 2.92 bits per heavy atom. The minimum Gasteiger partial charge on any atom is -0.312 e. The monoisotopic (exact) mass is 198 g/mol. The molecule has 0 aliphatic heterocycles. The molecule has 0 saturated carbocycles. The average Bonchev–Trinajstić information content (AvgIpc) is 2.62. The summed E-state index contributed by atoms with van der Waals surface area (Å²) in [5.74, 6) is 0.611. The lowest BCUT2D eigenvalue weighted by Gasteiger charge is -2.01. The van der Waals surface area contributed by atoms with E-state index in [0.29, 0.717) is 5.92 Å². The number of hydrogen-bond donors (Lipinski definition) is 1. The Morgan fingerprint density at radius 2 is 2.31 bits per heavy atom. The largest absolute Gasteiger partial charge is 0.312 e. The van der Waals surface area contributed by atoms with Crippen LogP contribution in [0.3, 0.4) is 0 Å². The van der Waals surface area contributed by atoms with Gasteiger partial charge >= 0.3 is 0 Å². The quantitative estimate of drug-likeness (QED) is 0.787. The normalized spacial score (nSPS) is 13.2. The summed E-state index contributed by atoms with van der Waals surface area (Å²) in [5, 5.41) is 4.58. The molecule has 0 saturated heterocycles. The molecule has 0 aliphatic carbocycles. The molecule has 1 atom stereocenters.